The van der Waals surface area contributed by atoms with Crippen LogP contribution in [-0.4, -0.2) is 76.1 Å². The molecule has 25 heavy (non-hydrogen) atoms. The van der Waals surface area contributed by atoms with Gasteiger partial charge in [0.05, 0.1) is 18.1 Å². The number of amides is 1. The highest BCUT2D eigenvalue weighted by molar-refractivity contribution is 7.89. The van der Waals surface area contributed by atoms with Crippen molar-refractivity contribution >= 4 is 15.9 Å². The summed E-state index contributed by atoms with van der Waals surface area (Å²) in [6.45, 7) is 3.21. The Kier molecular flexibility index (Phi) is 5.73. The monoisotopic (exact) mass is 368 g/mol. The molecule has 7 nitrogen and oxygen atoms in total. The molecular weight excluding hydrogens is 344 g/mol. The molecule has 3 rings (SSSR count). The first-order valence-corrected chi connectivity index (χ1v) is 9.97. The average Bonchev–Trinajstić information content (AvgIpc) is 2.68. The van der Waals surface area contributed by atoms with Gasteiger partial charge in [-0.25, -0.2) is 8.42 Å². The van der Waals surface area contributed by atoms with Crippen LogP contribution in [0.4, 0.5) is 0 Å². The third-order valence-electron chi connectivity index (χ3n) is 4.76. The van der Waals surface area contributed by atoms with E-state index in [4.69, 9.17) is 9.47 Å². The largest absolute Gasteiger partial charge is 0.381 e. The molecule has 0 bridgehead atoms. The number of rotatable bonds is 4. The molecule has 1 aromatic carbocycles. The van der Waals surface area contributed by atoms with Gasteiger partial charge in [0.15, 0.2) is 0 Å². The van der Waals surface area contributed by atoms with Gasteiger partial charge in [-0.3, -0.25) is 4.79 Å². The van der Waals surface area contributed by atoms with Gasteiger partial charge in [0, 0.05) is 45.0 Å². The Balaban J connectivity index is 1.80. The van der Waals surface area contributed by atoms with Crippen molar-refractivity contribution in [1.82, 2.24) is 9.21 Å². The molecule has 0 radical (unpaired) electrons. The van der Waals surface area contributed by atoms with Crippen LogP contribution >= 0.6 is 0 Å². The van der Waals surface area contributed by atoms with Crippen molar-refractivity contribution in [2.45, 2.75) is 23.8 Å². The van der Waals surface area contributed by atoms with E-state index in [1.54, 1.807) is 30.1 Å². The minimum Gasteiger partial charge on any atom is -0.381 e. The second-order valence-electron chi connectivity index (χ2n) is 6.30. The zero-order chi connectivity index (χ0) is 17.9. The first-order valence-electron chi connectivity index (χ1n) is 8.53. The molecule has 2 heterocycles. The van der Waals surface area contributed by atoms with Gasteiger partial charge in [0.25, 0.3) is 5.91 Å². The van der Waals surface area contributed by atoms with Gasteiger partial charge in [-0.2, -0.15) is 4.31 Å². The molecule has 0 aromatic heterocycles. The molecule has 2 saturated heterocycles. The van der Waals surface area contributed by atoms with Gasteiger partial charge >= 0.3 is 0 Å². The molecule has 0 N–H and O–H groups in total. The summed E-state index contributed by atoms with van der Waals surface area (Å²) in [4.78, 5) is 14.4. The van der Waals surface area contributed by atoms with E-state index in [-0.39, 0.29) is 16.8 Å². The Morgan fingerprint density at radius 2 is 1.76 bits per heavy atom. The highest BCUT2D eigenvalue weighted by Crippen LogP contribution is 2.23. The van der Waals surface area contributed by atoms with Crippen molar-refractivity contribution in [2.24, 2.45) is 0 Å². The van der Waals surface area contributed by atoms with Crippen LogP contribution in [0.3, 0.4) is 0 Å². The van der Waals surface area contributed by atoms with E-state index >= 15 is 0 Å². The van der Waals surface area contributed by atoms with Gasteiger partial charge < -0.3 is 14.4 Å². The summed E-state index contributed by atoms with van der Waals surface area (Å²) in [7, 11) is -2.04. The van der Waals surface area contributed by atoms with E-state index in [1.165, 1.54) is 10.4 Å². The summed E-state index contributed by atoms with van der Waals surface area (Å²) in [5, 5.41) is 0. The van der Waals surface area contributed by atoms with Crippen molar-refractivity contribution in [1.29, 1.82) is 0 Å². The number of ether oxygens (including phenoxy) is 2. The van der Waals surface area contributed by atoms with Crippen molar-refractivity contribution in [3.8, 4) is 0 Å². The number of hydrogen-bond acceptors (Lipinski definition) is 5. The Morgan fingerprint density at radius 1 is 1.12 bits per heavy atom. The quantitative estimate of drug-likeness (QED) is 0.791. The van der Waals surface area contributed by atoms with E-state index in [2.05, 4.69) is 0 Å². The maximum absolute atomic E-state index is 12.9. The number of sulfonamides is 1. The standard InChI is InChI=1S/C17H24N2O5S/c1-18(15-5-9-23-10-6-15)25(21,22)16-4-2-3-14(13-16)17(20)19-7-11-24-12-8-19/h2-4,13,15H,5-12H2,1H3. The minimum absolute atomic E-state index is 0.0719. The topological polar surface area (TPSA) is 76.2 Å². The van der Waals surface area contributed by atoms with Crippen LogP contribution in [0.5, 0.6) is 0 Å². The van der Waals surface area contributed by atoms with E-state index < -0.39 is 10.0 Å². The molecule has 2 fully saturated rings. The van der Waals surface area contributed by atoms with Crippen molar-refractivity contribution < 1.29 is 22.7 Å². The Labute approximate surface area is 148 Å². The first-order chi connectivity index (χ1) is 12.0. The summed E-state index contributed by atoms with van der Waals surface area (Å²) >= 11 is 0. The van der Waals surface area contributed by atoms with Crippen molar-refractivity contribution in [3.63, 3.8) is 0 Å². The van der Waals surface area contributed by atoms with E-state index in [1.807, 2.05) is 0 Å². The van der Waals surface area contributed by atoms with Crippen LogP contribution in [0.25, 0.3) is 0 Å². The molecule has 8 heteroatoms. The third kappa shape index (κ3) is 4.03. The predicted molar refractivity (Wildman–Crippen MR) is 92.0 cm³/mol. The summed E-state index contributed by atoms with van der Waals surface area (Å²) in [6.07, 6.45) is 1.37. The molecule has 0 unspecified atom stereocenters. The molecule has 0 atom stereocenters. The normalized spacial score (nSPS) is 20.0. The maximum Gasteiger partial charge on any atom is 0.254 e. The Bertz CT molecular complexity index is 710. The molecule has 138 valence electrons. The van der Waals surface area contributed by atoms with Crippen LogP contribution in [0.1, 0.15) is 23.2 Å². The SMILES string of the molecule is CN(C1CCOCC1)S(=O)(=O)c1cccc(C(=O)N2CCOCC2)c1. The Hall–Kier alpha value is -1.48. The van der Waals surface area contributed by atoms with Crippen molar-refractivity contribution in [3.05, 3.63) is 29.8 Å². The lowest BCUT2D eigenvalue weighted by Crippen LogP contribution is -2.41. The van der Waals surface area contributed by atoms with E-state index in [9.17, 15) is 13.2 Å². The summed E-state index contributed by atoms with van der Waals surface area (Å²) in [5.74, 6) is -0.158. The molecular formula is C17H24N2O5S. The third-order valence-corrected chi connectivity index (χ3v) is 6.67. The fraction of sp³-hybridized carbons (Fsp3) is 0.588. The molecule has 2 aliphatic heterocycles. The van der Waals surface area contributed by atoms with Gasteiger partial charge in [0.1, 0.15) is 0 Å². The minimum atomic E-state index is -3.64. The van der Waals surface area contributed by atoms with Gasteiger partial charge in [-0.1, -0.05) is 6.07 Å². The van der Waals surface area contributed by atoms with Crippen LogP contribution < -0.4 is 0 Å². The van der Waals surface area contributed by atoms with Gasteiger partial charge in [-0.05, 0) is 31.0 Å². The number of morpholine rings is 1. The fourth-order valence-corrected chi connectivity index (χ4v) is 4.61. The lowest BCUT2D eigenvalue weighted by molar-refractivity contribution is 0.0302. The molecule has 0 saturated carbocycles. The molecule has 1 amide bonds. The van der Waals surface area contributed by atoms with Crippen LogP contribution in [0, 0.1) is 0 Å². The number of hydrogen-bond donors (Lipinski definition) is 0. The van der Waals surface area contributed by atoms with Crippen LogP contribution in [0.15, 0.2) is 29.2 Å². The highest BCUT2D eigenvalue weighted by Gasteiger charge is 2.30. The molecule has 0 aliphatic carbocycles. The van der Waals surface area contributed by atoms with Crippen LogP contribution in [-0.2, 0) is 19.5 Å². The molecule has 1 aromatic rings. The lowest BCUT2D eigenvalue weighted by Gasteiger charge is -2.30. The van der Waals surface area contributed by atoms with Crippen molar-refractivity contribution in [2.75, 3.05) is 46.6 Å². The number of carbonyl (C=O) groups excluding carboxylic acids is 1. The number of carbonyl (C=O) groups is 1. The first kappa shape index (κ1) is 18.3. The second-order valence-corrected chi connectivity index (χ2v) is 8.29. The summed E-state index contributed by atoms with van der Waals surface area (Å²) in [6, 6.07) is 6.23. The smallest absolute Gasteiger partial charge is 0.254 e. The zero-order valence-corrected chi connectivity index (χ0v) is 15.2. The van der Waals surface area contributed by atoms with Crippen LogP contribution in [0.2, 0.25) is 0 Å². The summed E-state index contributed by atoms with van der Waals surface area (Å²) in [5.41, 5.74) is 0.392. The van der Waals surface area contributed by atoms with E-state index in [0.717, 1.165) is 0 Å². The van der Waals surface area contributed by atoms with Gasteiger partial charge in [0.2, 0.25) is 10.0 Å². The zero-order valence-electron chi connectivity index (χ0n) is 14.4. The van der Waals surface area contributed by atoms with E-state index in [0.29, 0.717) is 57.9 Å². The average molecular weight is 368 g/mol. The highest BCUT2D eigenvalue weighted by atomic mass is 32.2. The maximum atomic E-state index is 12.9. The fourth-order valence-electron chi connectivity index (χ4n) is 3.15. The Morgan fingerprint density at radius 3 is 2.44 bits per heavy atom. The summed E-state index contributed by atoms with van der Waals surface area (Å²) < 4.78 is 37.8. The molecule has 0 spiro atoms. The number of benzene rings is 1. The number of nitrogens with zero attached hydrogens (tertiary/aromatic N) is 2. The second kappa shape index (κ2) is 7.82. The molecule has 2 aliphatic rings. The van der Waals surface area contributed by atoms with Gasteiger partial charge in [-0.15, -0.1) is 0 Å². The lowest BCUT2D eigenvalue weighted by atomic mass is 10.1. The predicted octanol–water partition coefficient (Wildman–Crippen LogP) is 0.959.